The first-order chi connectivity index (χ1) is 10.0. The Kier molecular flexibility index (Phi) is 3.02. The highest BCUT2D eigenvalue weighted by molar-refractivity contribution is 5.76. The lowest BCUT2D eigenvalue weighted by Crippen LogP contribution is -2.12. The van der Waals surface area contributed by atoms with Gasteiger partial charge >= 0.3 is 0 Å². The summed E-state index contributed by atoms with van der Waals surface area (Å²) >= 11 is 0. The van der Waals surface area contributed by atoms with Crippen LogP contribution in [-0.2, 0) is 0 Å². The number of hydrogen-bond donors (Lipinski definition) is 2. The van der Waals surface area contributed by atoms with Crippen molar-refractivity contribution >= 4 is 23.1 Å². The molecule has 0 saturated carbocycles. The lowest BCUT2D eigenvalue weighted by Gasteiger charge is -2.04. The number of aliphatic hydroxyl groups is 1. The molecule has 0 aliphatic heterocycles. The maximum absolute atomic E-state index is 11.8. The Labute approximate surface area is 118 Å². The van der Waals surface area contributed by atoms with Gasteiger partial charge in [0.05, 0.1) is 0 Å². The zero-order valence-electron chi connectivity index (χ0n) is 11.4. The molecule has 0 aliphatic rings. The monoisotopic (exact) mass is 284 g/mol. The van der Waals surface area contributed by atoms with E-state index in [0.717, 1.165) is 11.1 Å². The molecule has 7 nitrogen and oxygen atoms in total. The molecule has 2 heterocycles. The van der Waals surface area contributed by atoms with Crippen LogP contribution in [0, 0.1) is 13.8 Å². The molecule has 21 heavy (non-hydrogen) atoms. The first kappa shape index (κ1) is 13.0. The van der Waals surface area contributed by atoms with Gasteiger partial charge in [0.15, 0.2) is 0 Å². The van der Waals surface area contributed by atoms with E-state index in [9.17, 15) is 9.90 Å². The molecule has 0 radical (unpaired) electrons. The molecule has 0 aliphatic carbocycles. The summed E-state index contributed by atoms with van der Waals surface area (Å²) in [5.41, 5.74) is 2.68. The number of nitrogens with one attached hydrogen (secondary N) is 1. The van der Waals surface area contributed by atoms with E-state index in [1.165, 1.54) is 6.08 Å². The maximum Gasteiger partial charge on any atom is 0.275 e. The van der Waals surface area contributed by atoms with Gasteiger partial charge in [0.25, 0.3) is 5.56 Å². The summed E-state index contributed by atoms with van der Waals surface area (Å²) < 4.78 is 4.48. The number of fused-ring (bicyclic) bond motifs is 1. The third kappa shape index (κ3) is 2.40. The van der Waals surface area contributed by atoms with Crippen LogP contribution >= 0.6 is 0 Å². The molecular weight excluding hydrogens is 272 g/mol. The van der Waals surface area contributed by atoms with Gasteiger partial charge in [-0.1, -0.05) is 12.1 Å². The zero-order valence-corrected chi connectivity index (χ0v) is 11.4. The summed E-state index contributed by atoms with van der Waals surface area (Å²) in [5.74, 6) is -0.0492. The average Bonchev–Trinajstić information content (AvgIpc) is 2.89. The Balaban J connectivity index is 2.07. The fourth-order valence-corrected chi connectivity index (χ4v) is 1.88. The molecule has 106 valence electrons. The minimum absolute atomic E-state index is 0.0360. The minimum atomic E-state index is -0.478. The van der Waals surface area contributed by atoms with Crippen LogP contribution in [-0.4, -0.2) is 25.4 Å². The molecule has 3 aromatic rings. The van der Waals surface area contributed by atoms with E-state index in [-0.39, 0.29) is 22.7 Å². The number of aromatic nitrogens is 4. The SMILES string of the molecule is Cc1ccc(C(O)=Cc2nc3nonc3[nH]c2=O)cc1C. The Morgan fingerprint density at radius 1 is 1.29 bits per heavy atom. The molecule has 0 amide bonds. The van der Waals surface area contributed by atoms with Crippen LogP contribution in [0.15, 0.2) is 27.6 Å². The van der Waals surface area contributed by atoms with Crippen molar-refractivity contribution in [3.8, 4) is 0 Å². The summed E-state index contributed by atoms with van der Waals surface area (Å²) in [6, 6.07) is 5.52. The van der Waals surface area contributed by atoms with E-state index in [1.54, 1.807) is 6.07 Å². The third-order valence-electron chi connectivity index (χ3n) is 3.24. The molecule has 0 bridgehead atoms. The molecule has 0 spiro atoms. The van der Waals surface area contributed by atoms with E-state index in [1.807, 2.05) is 26.0 Å². The van der Waals surface area contributed by atoms with Crippen LogP contribution in [0.5, 0.6) is 0 Å². The van der Waals surface area contributed by atoms with E-state index in [0.29, 0.717) is 5.56 Å². The lowest BCUT2D eigenvalue weighted by atomic mass is 10.0. The average molecular weight is 284 g/mol. The largest absolute Gasteiger partial charge is 0.507 e. The maximum atomic E-state index is 11.8. The van der Waals surface area contributed by atoms with Crippen LogP contribution < -0.4 is 5.56 Å². The molecule has 2 aromatic heterocycles. The standard InChI is InChI=1S/C14H12N4O3/c1-7-3-4-9(5-8(7)2)11(19)6-10-14(20)16-13-12(15-10)17-21-18-13/h3-6,19H,1-2H3,(H,16,18,20). The number of aromatic amines is 1. The first-order valence-electron chi connectivity index (χ1n) is 6.25. The Morgan fingerprint density at radius 3 is 2.86 bits per heavy atom. The number of aryl methyl sites for hydroxylation is 2. The second-order valence-electron chi connectivity index (χ2n) is 4.72. The van der Waals surface area contributed by atoms with Crippen LogP contribution in [0.4, 0.5) is 0 Å². The predicted octanol–water partition coefficient (Wildman–Crippen LogP) is 1.98. The summed E-state index contributed by atoms with van der Waals surface area (Å²) in [4.78, 5) is 18.3. The fourth-order valence-electron chi connectivity index (χ4n) is 1.88. The smallest absolute Gasteiger partial charge is 0.275 e. The normalized spacial score (nSPS) is 12.0. The van der Waals surface area contributed by atoms with Gasteiger partial charge in [0.1, 0.15) is 11.5 Å². The van der Waals surface area contributed by atoms with Crippen LogP contribution in [0.1, 0.15) is 22.4 Å². The highest BCUT2D eigenvalue weighted by Gasteiger charge is 2.09. The van der Waals surface area contributed by atoms with Gasteiger partial charge in [-0.3, -0.25) is 9.78 Å². The fraction of sp³-hybridized carbons (Fsp3) is 0.143. The number of aliphatic hydroxyl groups excluding tert-OH is 1. The molecule has 2 N–H and O–H groups in total. The number of benzene rings is 1. The Bertz CT molecular complexity index is 908. The highest BCUT2D eigenvalue weighted by atomic mass is 16.6. The molecule has 3 rings (SSSR count). The van der Waals surface area contributed by atoms with Crippen molar-refractivity contribution in [2.24, 2.45) is 0 Å². The van der Waals surface area contributed by atoms with Crippen molar-refractivity contribution in [2.75, 3.05) is 0 Å². The van der Waals surface area contributed by atoms with Crippen molar-refractivity contribution in [3.63, 3.8) is 0 Å². The van der Waals surface area contributed by atoms with Crippen molar-refractivity contribution < 1.29 is 9.74 Å². The Morgan fingerprint density at radius 2 is 2.10 bits per heavy atom. The highest BCUT2D eigenvalue weighted by Crippen LogP contribution is 2.17. The predicted molar refractivity (Wildman–Crippen MR) is 76.6 cm³/mol. The summed E-state index contributed by atoms with van der Waals surface area (Å²) in [6.07, 6.45) is 1.29. The van der Waals surface area contributed by atoms with Crippen LogP contribution in [0.3, 0.4) is 0 Å². The van der Waals surface area contributed by atoms with Crippen molar-refractivity contribution in [1.29, 1.82) is 0 Å². The van der Waals surface area contributed by atoms with Crippen LogP contribution in [0.2, 0.25) is 0 Å². The molecule has 0 unspecified atom stereocenters. The van der Waals surface area contributed by atoms with Gasteiger partial charge in [-0.2, -0.15) is 0 Å². The topological polar surface area (TPSA) is 105 Å². The molecule has 7 heteroatoms. The molecule has 0 atom stereocenters. The van der Waals surface area contributed by atoms with Gasteiger partial charge in [0.2, 0.25) is 11.3 Å². The number of nitrogens with zero attached hydrogens (tertiary/aromatic N) is 3. The third-order valence-corrected chi connectivity index (χ3v) is 3.24. The van der Waals surface area contributed by atoms with Crippen molar-refractivity contribution in [1.82, 2.24) is 20.3 Å². The van der Waals surface area contributed by atoms with E-state index in [4.69, 9.17) is 0 Å². The molecule has 1 aromatic carbocycles. The number of rotatable bonds is 2. The molecular formula is C14H12N4O3. The second kappa shape index (κ2) is 4.86. The minimum Gasteiger partial charge on any atom is -0.507 e. The summed E-state index contributed by atoms with van der Waals surface area (Å²) in [7, 11) is 0. The van der Waals surface area contributed by atoms with Crippen LogP contribution in [0.25, 0.3) is 23.1 Å². The van der Waals surface area contributed by atoms with Crippen molar-refractivity contribution in [2.45, 2.75) is 13.8 Å². The molecule has 0 saturated heterocycles. The summed E-state index contributed by atoms with van der Waals surface area (Å²) in [5, 5.41) is 17.2. The number of H-pyrrole nitrogens is 1. The van der Waals surface area contributed by atoms with E-state index >= 15 is 0 Å². The quantitative estimate of drug-likeness (QED) is 0.697. The van der Waals surface area contributed by atoms with Crippen molar-refractivity contribution in [3.05, 3.63) is 50.9 Å². The van der Waals surface area contributed by atoms with Gasteiger partial charge in [-0.05, 0) is 41.4 Å². The summed E-state index contributed by atoms with van der Waals surface area (Å²) in [6.45, 7) is 3.93. The molecule has 0 fully saturated rings. The van der Waals surface area contributed by atoms with Gasteiger partial charge in [-0.15, -0.1) is 0 Å². The lowest BCUT2D eigenvalue weighted by molar-refractivity contribution is 0.314. The first-order valence-corrected chi connectivity index (χ1v) is 6.25. The Hall–Kier alpha value is -2.96. The second-order valence-corrected chi connectivity index (χ2v) is 4.72. The van der Waals surface area contributed by atoms with Gasteiger partial charge in [0, 0.05) is 11.6 Å². The number of hydrogen-bond acceptors (Lipinski definition) is 6. The van der Waals surface area contributed by atoms with E-state index in [2.05, 4.69) is 24.9 Å². The van der Waals surface area contributed by atoms with Gasteiger partial charge in [-0.25, -0.2) is 9.61 Å². The van der Waals surface area contributed by atoms with E-state index < -0.39 is 5.56 Å². The zero-order chi connectivity index (χ0) is 15.0. The van der Waals surface area contributed by atoms with Gasteiger partial charge < -0.3 is 5.11 Å².